The lowest BCUT2D eigenvalue weighted by atomic mass is 10.2. The van der Waals surface area contributed by atoms with Crippen molar-refractivity contribution in [3.05, 3.63) is 40.8 Å². The average molecular weight is 376 g/mol. The number of benzene rings is 1. The van der Waals surface area contributed by atoms with Crippen molar-refractivity contribution < 1.29 is 18.7 Å². The highest BCUT2D eigenvalue weighted by atomic mass is 32.1. The Balaban J connectivity index is 1.84. The molecule has 0 spiro atoms. The van der Waals surface area contributed by atoms with E-state index in [1.165, 1.54) is 29.5 Å². The van der Waals surface area contributed by atoms with Crippen LogP contribution in [0.1, 0.15) is 23.1 Å². The van der Waals surface area contributed by atoms with Crippen LogP contribution in [0, 0.1) is 12.7 Å². The number of aromatic nitrogens is 2. The third-order valence-electron chi connectivity index (χ3n) is 3.52. The van der Waals surface area contributed by atoms with Crippen molar-refractivity contribution in [2.24, 2.45) is 0 Å². The molecule has 0 aliphatic rings. The first-order valence-electron chi connectivity index (χ1n) is 7.92. The summed E-state index contributed by atoms with van der Waals surface area (Å²) in [4.78, 5) is 31.5. The number of rotatable bonds is 6. The summed E-state index contributed by atoms with van der Waals surface area (Å²) in [7, 11) is 0. The number of halogens is 1. The summed E-state index contributed by atoms with van der Waals surface area (Å²) >= 11 is 1.39. The summed E-state index contributed by atoms with van der Waals surface area (Å²) in [6.07, 6.45) is 0. The lowest BCUT2D eigenvalue weighted by Gasteiger charge is -2.08. The van der Waals surface area contributed by atoms with Gasteiger partial charge in [-0.05, 0) is 32.0 Å². The second-order valence-corrected chi connectivity index (χ2v) is 6.34. The molecule has 1 aromatic carbocycles. The van der Waals surface area contributed by atoms with E-state index in [9.17, 15) is 14.0 Å². The van der Waals surface area contributed by atoms with E-state index in [0.717, 1.165) is 5.69 Å². The summed E-state index contributed by atoms with van der Waals surface area (Å²) in [6, 6.07) is 4.02. The molecule has 2 heterocycles. The molecular weight excluding hydrogens is 359 g/mol. The number of aryl methyl sites for hydroxylation is 1. The number of H-pyrrole nitrogens is 1. The predicted molar refractivity (Wildman–Crippen MR) is 98.2 cm³/mol. The van der Waals surface area contributed by atoms with Gasteiger partial charge in [-0.25, -0.2) is 14.2 Å². The van der Waals surface area contributed by atoms with E-state index in [4.69, 9.17) is 4.74 Å². The van der Waals surface area contributed by atoms with Crippen molar-refractivity contribution in [2.45, 2.75) is 13.8 Å². The summed E-state index contributed by atoms with van der Waals surface area (Å²) in [5.74, 6) is -1.49. The number of fused-ring (bicyclic) bond motifs is 1. The smallest absolute Gasteiger partial charge is 0.356 e. The molecule has 9 heteroatoms. The normalized spacial score (nSPS) is 10.7. The predicted octanol–water partition coefficient (Wildman–Crippen LogP) is 3.30. The fraction of sp³-hybridized carbons (Fsp3) is 0.235. The zero-order valence-corrected chi connectivity index (χ0v) is 15.0. The average Bonchev–Trinajstić information content (AvgIpc) is 3.17. The number of ether oxygens (including phenoxy) is 1. The number of anilines is 2. The van der Waals surface area contributed by atoms with Crippen molar-refractivity contribution >= 4 is 44.9 Å². The molecule has 0 unspecified atom stereocenters. The maximum atomic E-state index is 13.6. The molecule has 0 aliphatic heterocycles. The quantitative estimate of drug-likeness (QED) is 0.574. The van der Waals surface area contributed by atoms with E-state index < -0.39 is 17.7 Å². The molecule has 3 aromatic rings. The van der Waals surface area contributed by atoms with Gasteiger partial charge in [-0.1, -0.05) is 0 Å². The minimum atomic E-state index is -0.622. The van der Waals surface area contributed by atoms with Gasteiger partial charge in [0.15, 0.2) is 5.13 Å². The van der Waals surface area contributed by atoms with Gasteiger partial charge in [-0.15, -0.1) is 11.3 Å². The zero-order chi connectivity index (χ0) is 18.7. The highest BCUT2D eigenvalue weighted by Crippen LogP contribution is 2.29. The number of hydrogen-bond acceptors (Lipinski definition) is 6. The van der Waals surface area contributed by atoms with Crippen LogP contribution >= 0.6 is 11.3 Å². The monoisotopic (exact) mass is 376 g/mol. The first kappa shape index (κ1) is 17.9. The van der Waals surface area contributed by atoms with Crippen LogP contribution in [0.15, 0.2) is 23.6 Å². The summed E-state index contributed by atoms with van der Waals surface area (Å²) in [5, 5.41) is 8.44. The van der Waals surface area contributed by atoms with Gasteiger partial charge >= 0.3 is 5.97 Å². The van der Waals surface area contributed by atoms with Crippen molar-refractivity contribution in [2.75, 3.05) is 23.8 Å². The second kappa shape index (κ2) is 7.52. The van der Waals surface area contributed by atoms with Gasteiger partial charge < -0.3 is 20.4 Å². The highest BCUT2D eigenvalue weighted by Gasteiger charge is 2.21. The maximum absolute atomic E-state index is 13.6. The molecule has 136 valence electrons. The number of esters is 1. The van der Waals surface area contributed by atoms with Crippen LogP contribution in [0.3, 0.4) is 0 Å². The minimum Gasteiger partial charge on any atom is -0.461 e. The Kier molecular flexibility index (Phi) is 5.17. The zero-order valence-electron chi connectivity index (χ0n) is 14.2. The lowest BCUT2D eigenvalue weighted by Crippen LogP contribution is -2.23. The fourth-order valence-electron chi connectivity index (χ4n) is 2.43. The van der Waals surface area contributed by atoms with Crippen LogP contribution in [0.25, 0.3) is 10.9 Å². The number of amides is 1. The first-order valence-corrected chi connectivity index (χ1v) is 8.80. The molecule has 0 saturated heterocycles. The Labute approximate surface area is 152 Å². The van der Waals surface area contributed by atoms with Gasteiger partial charge in [0.2, 0.25) is 5.91 Å². The fourth-order valence-corrected chi connectivity index (χ4v) is 3.11. The molecule has 0 bridgehead atoms. The second-order valence-electron chi connectivity index (χ2n) is 5.48. The number of nitrogens with zero attached hydrogens (tertiary/aromatic N) is 1. The van der Waals surface area contributed by atoms with Crippen LogP contribution in [0.5, 0.6) is 0 Å². The number of hydrogen-bond donors (Lipinski definition) is 3. The molecule has 0 fully saturated rings. The molecule has 0 aliphatic carbocycles. The number of carbonyl (C=O) groups excluding carboxylic acids is 2. The van der Waals surface area contributed by atoms with Crippen LogP contribution < -0.4 is 10.6 Å². The topological polar surface area (TPSA) is 96.1 Å². The van der Waals surface area contributed by atoms with E-state index in [1.54, 1.807) is 6.92 Å². The van der Waals surface area contributed by atoms with Gasteiger partial charge in [0.25, 0.3) is 0 Å². The van der Waals surface area contributed by atoms with Crippen molar-refractivity contribution in [3.63, 3.8) is 0 Å². The third kappa shape index (κ3) is 3.83. The molecule has 0 saturated carbocycles. The van der Waals surface area contributed by atoms with Crippen LogP contribution in [-0.4, -0.2) is 35.0 Å². The first-order chi connectivity index (χ1) is 12.5. The highest BCUT2D eigenvalue weighted by molar-refractivity contribution is 7.13. The lowest BCUT2D eigenvalue weighted by molar-refractivity contribution is -0.114. The van der Waals surface area contributed by atoms with Crippen LogP contribution in [0.2, 0.25) is 0 Å². The van der Waals surface area contributed by atoms with E-state index in [1.807, 2.05) is 12.3 Å². The number of aromatic amines is 1. The van der Waals surface area contributed by atoms with E-state index in [0.29, 0.717) is 16.0 Å². The van der Waals surface area contributed by atoms with Gasteiger partial charge in [-0.2, -0.15) is 0 Å². The molecular formula is C17H17FN4O3S. The molecule has 7 nitrogen and oxygen atoms in total. The molecule has 26 heavy (non-hydrogen) atoms. The van der Waals surface area contributed by atoms with E-state index >= 15 is 0 Å². The molecule has 2 aromatic heterocycles. The number of carbonyl (C=O) groups is 2. The standard InChI is InChI=1S/C17H17FN4O3S/c1-3-25-16(24)15-14(11-6-10(18)4-5-12(11)21-15)22-13(23)7-19-17-20-9(2)8-26-17/h4-6,8,21H,3,7H2,1-2H3,(H,19,20)(H,22,23). The molecule has 1 amide bonds. The maximum Gasteiger partial charge on any atom is 0.356 e. The van der Waals surface area contributed by atoms with Crippen molar-refractivity contribution in [1.29, 1.82) is 0 Å². The SMILES string of the molecule is CCOC(=O)c1[nH]c2ccc(F)cc2c1NC(=O)CNc1nc(C)cs1. The molecule has 3 rings (SSSR count). The Bertz CT molecular complexity index is 966. The summed E-state index contributed by atoms with van der Waals surface area (Å²) in [5.41, 5.74) is 1.65. The molecule has 0 atom stereocenters. The van der Waals surface area contributed by atoms with Gasteiger partial charge in [-0.3, -0.25) is 4.79 Å². The van der Waals surface area contributed by atoms with Crippen molar-refractivity contribution in [3.8, 4) is 0 Å². The largest absolute Gasteiger partial charge is 0.461 e. The summed E-state index contributed by atoms with van der Waals surface area (Å²) in [6.45, 7) is 3.67. The minimum absolute atomic E-state index is 0.0444. The van der Waals surface area contributed by atoms with E-state index in [2.05, 4.69) is 20.6 Å². The third-order valence-corrected chi connectivity index (χ3v) is 4.44. The molecule has 0 radical (unpaired) electrons. The van der Waals surface area contributed by atoms with Crippen LogP contribution in [0.4, 0.5) is 15.2 Å². The Morgan fingerprint density at radius 2 is 2.19 bits per heavy atom. The van der Waals surface area contributed by atoms with Gasteiger partial charge in [0.1, 0.15) is 11.5 Å². The van der Waals surface area contributed by atoms with Gasteiger partial charge in [0.05, 0.1) is 24.5 Å². The van der Waals surface area contributed by atoms with Gasteiger partial charge in [0, 0.05) is 16.3 Å². The Hall–Kier alpha value is -2.94. The summed E-state index contributed by atoms with van der Waals surface area (Å²) < 4.78 is 18.6. The Morgan fingerprint density at radius 1 is 1.38 bits per heavy atom. The van der Waals surface area contributed by atoms with Crippen molar-refractivity contribution in [1.82, 2.24) is 9.97 Å². The molecule has 3 N–H and O–H groups in total. The number of thiazole rings is 1. The van der Waals surface area contributed by atoms with E-state index in [-0.39, 0.29) is 24.5 Å². The Morgan fingerprint density at radius 3 is 2.88 bits per heavy atom. The van der Waals surface area contributed by atoms with Crippen LogP contribution in [-0.2, 0) is 9.53 Å². The number of nitrogens with one attached hydrogen (secondary N) is 3.